The third kappa shape index (κ3) is 3.43. The van der Waals surface area contributed by atoms with Gasteiger partial charge < -0.3 is 24.6 Å². The Morgan fingerprint density at radius 3 is 2.81 bits per heavy atom. The average Bonchev–Trinajstić information content (AvgIpc) is 3.09. The van der Waals surface area contributed by atoms with Crippen LogP contribution < -0.4 is 20.1 Å². The van der Waals surface area contributed by atoms with E-state index in [4.69, 9.17) is 9.47 Å². The number of nitrogens with zero attached hydrogens (tertiary/aromatic N) is 3. The lowest BCUT2D eigenvalue weighted by molar-refractivity contribution is -0.125. The summed E-state index contributed by atoms with van der Waals surface area (Å²) < 4.78 is 10.6. The summed E-state index contributed by atoms with van der Waals surface area (Å²) in [6, 6.07) is 4.43. The number of piperazine rings is 1. The third-order valence-corrected chi connectivity index (χ3v) is 4.65. The quantitative estimate of drug-likeness (QED) is 0.762. The maximum absolute atomic E-state index is 12.6. The molecule has 0 aromatic heterocycles. The standard InChI is InChI=1S/C17H21N5O4/c1-21-4-6-22(7-5-21)17-19-12(9-15(23)20-17)16(24)18-11-2-3-13-14(8-11)26-10-25-13/h2-3,8,12H,4-7,9-10H2,1H3,(H,18,24)(H,19,20,23)/t12-/m0/s1. The van der Waals surface area contributed by atoms with Gasteiger partial charge in [0.2, 0.25) is 24.6 Å². The number of anilines is 1. The molecule has 0 bridgehead atoms. The Bertz CT molecular complexity index is 758. The van der Waals surface area contributed by atoms with E-state index >= 15 is 0 Å². The summed E-state index contributed by atoms with van der Waals surface area (Å²) >= 11 is 0. The van der Waals surface area contributed by atoms with Crippen LogP contribution in [0.15, 0.2) is 23.2 Å². The first-order valence-electron chi connectivity index (χ1n) is 8.60. The average molecular weight is 359 g/mol. The zero-order valence-electron chi connectivity index (χ0n) is 14.5. The minimum atomic E-state index is -0.746. The molecule has 0 unspecified atom stereocenters. The maximum atomic E-state index is 12.6. The SMILES string of the molecule is CN1CCN(C2=N[C@H](C(=O)Nc3ccc4c(c3)OCO4)CC(=O)N2)CC1. The van der Waals surface area contributed by atoms with Crippen LogP contribution in [0.3, 0.4) is 0 Å². The fourth-order valence-corrected chi connectivity index (χ4v) is 3.11. The van der Waals surface area contributed by atoms with Crippen LogP contribution in [0.25, 0.3) is 0 Å². The molecular weight excluding hydrogens is 338 g/mol. The molecule has 9 heteroatoms. The van der Waals surface area contributed by atoms with E-state index in [1.165, 1.54) is 0 Å². The number of rotatable bonds is 2. The number of benzene rings is 1. The highest BCUT2D eigenvalue weighted by Crippen LogP contribution is 2.34. The summed E-state index contributed by atoms with van der Waals surface area (Å²) in [4.78, 5) is 33.4. The van der Waals surface area contributed by atoms with Crippen LogP contribution >= 0.6 is 0 Å². The van der Waals surface area contributed by atoms with E-state index in [2.05, 4.69) is 27.6 Å². The number of guanidine groups is 1. The number of aliphatic imine (C=N–C) groups is 1. The Hall–Kier alpha value is -2.81. The van der Waals surface area contributed by atoms with Crippen molar-refractivity contribution in [3.05, 3.63) is 18.2 Å². The van der Waals surface area contributed by atoms with Crippen LogP contribution in [0.4, 0.5) is 5.69 Å². The van der Waals surface area contributed by atoms with E-state index in [9.17, 15) is 9.59 Å². The minimum absolute atomic E-state index is 0.0353. The van der Waals surface area contributed by atoms with Crippen molar-refractivity contribution in [2.45, 2.75) is 12.5 Å². The van der Waals surface area contributed by atoms with Gasteiger partial charge in [-0.05, 0) is 19.2 Å². The van der Waals surface area contributed by atoms with E-state index in [0.29, 0.717) is 23.1 Å². The molecule has 2 amide bonds. The van der Waals surface area contributed by atoms with Gasteiger partial charge in [0.1, 0.15) is 6.04 Å². The Morgan fingerprint density at radius 1 is 1.23 bits per heavy atom. The highest BCUT2D eigenvalue weighted by atomic mass is 16.7. The van der Waals surface area contributed by atoms with Crippen molar-refractivity contribution in [2.24, 2.45) is 4.99 Å². The highest BCUT2D eigenvalue weighted by Gasteiger charge is 2.30. The Morgan fingerprint density at radius 2 is 2.00 bits per heavy atom. The predicted octanol–water partition coefficient (Wildman–Crippen LogP) is -0.154. The monoisotopic (exact) mass is 359 g/mol. The van der Waals surface area contributed by atoms with Crippen LogP contribution in [0, 0.1) is 0 Å². The second-order valence-corrected chi connectivity index (χ2v) is 6.57. The smallest absolute Gasteiger partial charge is 0.249 e. The molecule has 9 nitrogen and oxygen atoms in total. The number of likely N-dealkylation sites (N-methyl/N-ethyl adjacent to an activating group) is 1. The molecule has 1 atom stereocenters. The second-order valence-electron chi connectivity index (χ2n) is 6.57. The van der Waals surface area contributed by atoms with Gasteiger partial charge in [0.15, 0.2) is 11.5 Å². The van der Waals surface area contributed by atoms with Gasteiger partial charge in [-0.15, -0.1) is 0 Å². The fraction of sp³-hybridized carbons (Fsp3) is 0.471. The van der Waals surface area contributed by atoms with E-state index < -0.39 is 6.04 Å². The normalized spacial score (nSPS) is 22.7. The maximum Gasteiger partial charge on any atom is 0.249 e. The number of amides is 2. The van der Waals surface area contributed by atoms with Crippen molar-refractivity contribution in [3.8, 4) is 11.5 Å². The molecule has 3 heterocycles. The third-order valence-electron chi connectivity index (χ3n) is 4.65. The van der Waals surface area contributed by atoms with E-state index in [1.54, 1.807) is 18.2 Å². The summed E-state index contributed by atoms with van der Waals surface area (Å²) in [5.74, 6) is 1.21. The number of nitrogens with one attached hydrogen (secondary N) is 2. The molecular formula is C17H21N5O4. The van der Waals surface area contributed by atoms with Gasteiger partial charge in [0, 0.05) is 37.9 Å². The molecule has 1 fully saturated rings. The number of fused-ring (bicyclic) bond motifs is 1. The lowest BCUT2D eigenvalue weighted by atomic mass is 10.1. The van der Waals surface area contributed by atoms with Gasteiger partial charge >= 0.3 is 0 Å². The molecule has 3 aliphatic rings. The van der Waals surface area contributed by atoms with Gasteiger partial charge in [0.05, 0.1) is 6.42 Å². The van der Waals surface area contributed by atoms with Gasteiger partial charge in [-0.2, -0.15) is 0 Å². The van der Waals surface area contributed by atoms with Crippen LogP contribution in [0.1, 0.15) is 6.42 Å². The van der Waals surface area contributed by atoms with Gasteiger partial charge in [-0.3, -0.25) is 14.9 Å². The lowest BCUT2D eigenvalue weighted by Crippen LogP contribution is -2.55. The van der Waals surface area contributed by atoms with E-state index in [1.807, 2.05) is 4.90 Å². The summed E-state index contributed by atoms with van der Waals surface area (Å²) in [6.07, 6.45) is 0.0353. The molecule has 138 valence electrons. The van der Waals surface area contributed by atoms with Crippen molar-refractivity contribution < 1.29 is 19.1 Å². The summed E-state index contributed by atoms with van der Waals surface area (Å²) in [7, 11) is 2.06. The molecule has 3 aliphatic heterocycles. The molecule has 0 radical (unpaired) electrons. The van der Waals surface area contributed by atoms with E-state index in [-0.39, 0.29) is 25.0 Å². The molecule has 1 aromatic rings. The van der Waals surface area contributed by atoms with Crippen molar-refractivity contribution in [2.75, 3.05) is 45.3 Å². The number of ether oxygens (including phenoxy) is 2. The number of hydrogen-bond acceptors (Lipinski definition) is 7. The highest BCUT2D eigenvalue weighted by molar-refractivity contribution is 6.06. The molecule has 1 aromatic carbocycles. The number of carbonyl (C=O) groups excluding carboxylic acids is 2. The van der Waals surface area contributed by atoms with Crippen molar-refractivity contribution >= 4 is 23.5 Å². The molecule has 0 aliphatic carbocycles. The van der Waals surface area contributed by atoms with Crippen LogP contribution in [-0.4, -0.2) is 73.6 Å². The van der Waals surface area contributed by atoms with Gasteiger partial charge in [-0.25, -0.2) is 4.99 Å². The first-order chi connectivity index (χ1) is 12.6. The second kappa shape index (κ2) is 6.83. The van der Waals surface area contributed by atoms with Crippen molar-refractivity contribution in [1.82, 2.24) is 15.1 Å². The zero-order chi connectivity index (χ0) is 18.1. The van der Waals surface area contributed by atoms with Crippen molar-refractivity contribution in [1.29, 1.82) is 0 Å². The first kappa shape index (κ1) is 16.6. The predicted molar refractivity (Wildman–Crippen MR) is 94.2 cm³/mol. The van der Waals surface area contributed by atoms with Crippen LogP contribution in [-0.2, 0) is 9.59 Å². The lowest BCUT2D eigenvalue weighted by Gasteiger charge is -2.36. The Labute approximate surface area is 150 Å². The summed E-state index contributed by atoms with van der Waals surface area (Å²) in [6.45, 7) is 3.50. The van der Waals surface area contributed by atoms with Crippen molar-refractivity contribution in [3.63, 3.8) is 0 Å². The topological polar surface area (TPSA) is 95.5 Å². The molecule has 1 saturated heterocycles. The zero-order valence-corrected chi connectivity index (χ0v) is 14.5. The summed E-state index contributed by atoms with van der Waals surface area (Å²) in [5.41, 5.74) is 0.585. The van der Waals surface area contributed by atoms with Crippen LogP contribution in [0.5, 0.6) is 11.5 Å². The first-order valence-corrected chi connectivity index (χ1v) is 8.60. The Balaban J connectivity index is 1.46. The largest absolute Gasteiger partial charge is 0.454 e. The molecule has 0 saturated carbocycles. The Kier molecular flexibility index (Phi) is 4.37. The molecule has 4 rings (SSSR count). The minimum Gasteiger partial charge on any atom is -0.454 e. The molecule has 2 N–H and O–H groups in total. The van der Waals surface area contributed by atoms with Gasteiger partial charge in [-0.1, -0.05) is 0 Å². The van der Waals surface area contributed by atoms with Gasteiger partial charge in [0.25, 0.3) is 0 Å². The van der Waals surface area contributed by atoms with Crippen LogP contribution in [0.2, 0.25) is 0 Å². The number of carbonyl (C=O) groups is 2. The van der Waals surface area contributed by atoms with E-state index in [0.717, 1.165) is 26.2 Å². The fourth-order valence-electron chi connectivity index (χ4n) is 3.11. The molecule has 0 spiro atoms. The molecule has 26 heavy (non-hydrogen) atoms. The number of hydrogen-bond donors (Lipinski definition) is 2. The summed E-state index contributed by atoms with van der Waals surface area (Å²) in [5, 5.41) is 5.59.